The van der Waals surface area contributed by atoms with E-state index in [0.29, 0.717) is 5.02 Å². The number of carbonyl (C=O) groups excluding carboxylic acids is 1. The maximum Gasteiger partial charge on any atom is 0.282 e. The molecule has 0 aromatic heterocycles. The average molecular weight is 268 g/mol. The van der Waals surface area contributed by atoms with Gasteiger partial charge in [0.25, 0.3) is 5.91 Å². The number of hydrogen-bond acceptors (Lipinski definition) is 1. The molecule has 1 atom stereocenters. The van der Waals surface area contributed by atoms with Gasteiger partial charge in [0.1, 0.15) is 0 Å². The van der Waals surface area contributed by atoms with Crippen molar-refractivity contribution in [1.82, 2.24) is 0 Å². The van der Waals surface area contributed by atoms with Gasteiger partial charge in [0.05, 0.1) is 13.1 Å². The standard InChI is InChI=1S/C14H19ClN2O/c1-10-12(15)6-5-7-13(10)16-14(18)11(2)17-8-3-4-9-17/h5-7,11H,3-4,8-9H2,1-2H3,(H,16,18)/p+1/t11-/m0/s1. The topological polar surface area (TPSA) is 33.5 Å². The van der Waals surface area contributed by atoms with Gasteiger partial charge in [0.15, 0.2) is 6.04 Å². The number of anilines is 1. The summed E-state index contributed by atoms with van der Waals surface area (Å²) in [7, 11) is 0. The molecule has 98 valence electrons. The van der Waals surface area contributed by atoms with Crippen molar-refractivity contribution in [3.63, 3.8) is 0 Å². The molecule has 1 heterocycles. The molecular weight excluding hydrogens is 248 g/mol. The maximum absolute atomic E-state index is 12.2. The van der Waals surface area contributed by atoms with Crippen molar-refractivity contribution >= 4 is 23.2 Å². The monoisotopic (exact) mass is 267 g/mol. The van der Waals surface area contributed by atoms with Crippen LogP contribution in [0.4, 0.5) is 5.69 Å². The summed E-state index contributed by atoms with van der Waals surface area (Å²) in [6.07, 6.45) is 2.45. The molecule has 18 heavy (non-hydrogen) atoms. The Hall–Kier alpha value is -1.06. The Labute approximate surface area is 113 Å². The lowest BCUT2D eigenvalue weighted by atomic mass is 10.2. The summed E-state index contributed by atoms with van der Waals surface area (Å²) in [5.41, 5.74) is 1.74. The van der Waals surface area contributed by atoms with Gasteiger partial charge in [0, 0.05) is 23.6 Å². The highest BCUT2D eigenvalue weighted by molar-refractivity contribution is 6.31. The smallest absolute Gasteiger partial charge is 0.282 e. The third-order valence-corrected chi connectivity index (χ3v) is 4.19. The minimum Gasteiger partial charge on any atom is -0.325 e. The van der Waals surface area contributed by atoms with E-state index in [0.717, 1.165) is 24.3 Å². The van der Waals surface area contributed by atoms with Crippen LogP contribution in [0, 0.1) is 6.92 Å². The Morgan fingerprint density at radius 1 is 1.39 bits per heavy atom. The minimum absolute atomic E-state index is 0.00545. The molecule has 1 aliphatic heterocycles. The number of hydrogen-bond donors (Lipinski definition) is 2. The number of rotatable bonds is 3. The Balaban J connectivity index is 2.04. The molecule has 0 unspecified atom stereocenters. The number of likely N-dealkylation sites (tertiary alicyclic amines) is 1. The molecule has 1 aromatic rings. The molecule has 2 N–H and O–H groups in total. The third-order valence-electron chi connectivity index (χ3n) is 3.78. The van der Waals surface area contributed by atoms with Crippen molar-refractivity contribution in [2.75, 3.05) is 18.4 Å². The first-order valence-corrected chi connectivity index (χ1v) is 6.88. The van der Waals surface area contributed by atoms with E-state index >= 15 is 0 Å². The molecule has 2 rings (SSSR count). The molecule has 1 aliphatic rings. The van der Waals surface area contributed by atoms with Crippen LogP contribution in [0.3, 0.4) is 0 Å². The van der Waals surface area contributed by atoms with Gasteiger partial charge in [-0.2, -0.15) is 0 Å². The Kier molecular flexibility index (Phi) is 4.25. The van der Waals surface area contributed by atoms with E-state index in [1.165, 1.54) is 17.7 Å². The number of quaternary nitrogens is 1. The molecule has 1 amide bonds. The molecule has 1 saturated heterocycles. The van der Waals surface area contributed by atoms with Crippen molar-refractivity contribution in [2.45, 2.75) is 32.7 Å². The van der Waals surface area contributed by atoms with Gasteiger partial charge in [-0.05, 0) is 31.5 Å². The second-order valence-electron chi connectivity index (χ2n) is 4.99. The predicted octanol–water partition coefficient (Wildman–Crippen LogP) is 1.65. The van der Waals surface area contributed by atoms with Crippen LogP contribution in [-0.2, 0) is 4.79 Å². The van der Waals surface area contributed by atoms with Gasteiger partial charge in [-0.3, -0.25) is 4.79 Å². The van der Waals surface area contributed by atoms with E-state index in [-0.39, 0.29) is 11.9 Å². The van der Waals surface area contributed by atoms with Gasteiger partial charge in [-0.15, -0.1) is 0 Å². The lowest BCUT2D eigenvalue weighted by Gasteiger charge is -2.20. The van der Waals surface area contributed by atoms with Crippen molar-refractivity contribution in [1.29, 1.82) is 0 Å². The Bertz CT molecular complexity index is 441. The number of benzene rings is 1. The molecule has 0 spiro atoms. The fourth-order valence-electron chi connectivity index (χ4n) is 2.43. The minimum atomic E-state index is 0.00545. The van der Waals surface area contributed by atoms with E-state index in [2.05, 4.69) is 5.32 Å². The zero-order valence-electron chi connectivity index (χ0n) is 10.9. The highest BCUT2D eigenvalue weighted by Gasteiger charge is 2.28. The lowest BCUT2D eigenvalue weighted by molar-refractivity contribution is -0.901. The quantitative estimate of drug-likeness (QED) is 0.858. The summed E-state index contributed by atoms with van der Waals surface area (Å²) in [6, 6.07) is 5.59. The zero-order valence-corrected chi connectivity index (χ0v) is 11.7. The molecule has 0 saturated carbocycles. The SMILES string of the molecule is Cc1c(Cl)cccc1NC(=O)[C@H](C)[NH+]1CCCC1. The van der Waals surface area contributed by atoms with Crippen molar-refractivity contribution in [2.24, 2.45) is 0 Å². The second-order valence-corrected chi connectivity index (χ2v) is 5.40. The molecule has 4 heteroatoms. The number of amides is 1. The van der Waals surface area contributed by atoms with Crippen LogP contribution in [0.25, 0.3) is 0 Å². The van der Waals surface area contributed by atoms with E-state index in [1.54, 1.807) is 0 Å². The number of halogens is 1. The highest BCUT2D eigenvalue weighted by atomic mass is 35.5. The van der Waals surface area contributed by atoms with Crippen LogP contribution in [0.1, 0.15) is 25.3 Å². The predicted molar refractivity (Wildman–Crippen MR) is 74.2 cm³/mol. The second kappa shape index (κ2) is 5.72. The molecule has 0 aliphatic carbocycles. The first-order valence-electron chi connectivity index (χ1n) is 6.50. The van der Waals surface area contributed by atoms with Gasteiger partial charge < -0.3 is 10.2 Å². The normalized spacial score (nSPS) is 17.7. The maximum atomic E-state index is 12.2. The van der Waals surface area contributed by atoms with Crippen LogP contribution in [0.5, 0.6) is 0 Å². The number of carbonyl (C=O) groups is 1. The summed E-state index contributed by atoms with van der Waals surface area (Å²) < 4.78 is 0. The van der Waals surface area contributed by atoms with Crippen molar-refractivity contribution in [3.05, 3.63) is 28.8 Å². The van der Waals surface area contributed by atoms with Crippen LogP contribution in [-0.4, -0.2) is 25.0 Å². The Morgan fingerprint density at radius 3 is 2.72 bits per heavy atom. The summed E-state index contributed by atoms with van der Waals surface area (Å²) in [5, 5.41) is 3.67. The first kappa shape index (κ1) is 13.4. The third kappa shape index (κ3) is 2.85. The summed E-state index contributed by atoms with van der Waals surface area (Å²) in [4.78, 5) is 13.6. The molecule has 0 radical (unpaired) electrons. The Morgan fingerprint density at radius 2 is 2.06 bits per heavy atom. The molecular formula is C14H20ClN2O+. The van der Waals surface area contributed by atoms with Crippen LogP contribution < -0.4 is 10.2 Å². The molecule has 3 nitrogen and oxygen atoms in total. The van der Waals surface area contributed by atoms with Crippen LogP contribution >= 0.6 is 11.6 Å². The lowest BCUT2D eigenvalue weighted by Crippen LogP contribution is -3.14. The van der Waals surface area contributed by atoms with Gasteiger partial charge >= 0.3 is 0 Å². The zero-order chi connectivity index (χ0) is 13.1. The van der Waals surface area contributed by atoms with Crippen molar-refractivity contribution in [3.8, 4) is 0 Å². The number of nitrogens with one attached hydrogen (secondary N) is 2. The van der Waals surface area contributed by atoms with E-state index in [9.17, 15) is 4.79 Å². The van der Waals surface area contributed by atoms with E-state index in [1.807, 2.05) is 32.0 Å². The highest BCUT2D eigenvalue weighted by Crippen LogP contribution is 2.22. The summed E-state index contributed by atoms with van der Waals surface area (Å²) >= 11 is 6.05. The van der Waals surface area contributed by atoms with Gasteiger partial charge in [-0.25, -0.2) is 0 Å². The van der Waals surface area contributed by atoms with Crippen LogP contribution in [0.2, 0.25) is 5.02 Å². The first-order chi connectivity index (χ1) is 8.59. The van der Waals surface area contributed by atoms with Gasteiger partial charge in [-0.1, -0.05) is 17.7 Å². The molecule has 1 aromatic carbocycles. The average Bonchev–Trinajstić information content (AvgIpc) is 2.87. The van der Waals surface area contributed by atoms with Crippen LogP contribution in [0.15, 0.2) is 18.2 Å². The van der Waals surface area contributed by atoms with E-state index < -0.39 is 0 Å². The fourth-order valence-corrected chi connectivity index (χ4v) is 2.61. The van der Waals surface area contributed by atoms with Gasteiger partial charge in [0.2, 0.25) is 0 Å². The van der Waals surface area contributed by atoms with Crippen molar-refractivity contribution < 1.29 is 9.69 Å². The molecule has 0 bridgehead atoms. The van der Waals surface area contributed by atoms with E-state index in [4.69, 9.17) is 11.6 Å². The fraction of sp³-hybridized carbons (Fsp3) is 0.500. The molecule has 1 fully saturated rings. The summed E-state index contributed by atoms with van der Waals surface area (Å²) in [5.74, 6) is 0.0808. The summed E-state index contributed by atoms with van der Waals surface area (Å²) in [6.45, 7) is 6.12. The largest absolute Gasteiger partial charge is 0.325 e.